The quantitative estimate of drug-likeness (QED) is 0.646. The van der Waals surface area contributed by atoms with Crippen LogP contribution >= 0.6 is 0 Å². The fourth-order valence-corrected chi connectivity index (χ4v) is 4.87. The lowest BCUT2D eigenvalue weighted by Crippen LogP contribution is -2.46. The fourth-order valence-electron chi connectivity index (χ4n) is 4.87. The van der Waals surface area contributed by atoms with Gasteiger partial charge in [0.15, 0.2) is 5.78 Å². The molecule has 1 unspecified atom stereocenters. The highest BCUT2D eigenvalue weighted by molar-refractivity contribution is 6.02. The average Bonchev–Trinajstić information content (AvgIpc) is 2.75. The largest absolute Gasteiger partial charge is 0.573 e. The van der Waals surface area contributed by atoms with E-state index in [9.17, 15) is 18.0 Å². The molecule has 1 heterocycles. The summed E-state index contributed by atoms with van der Waals surface area (Å²) in [5.41, 5.74) is 4.99. The molecule has 172 valence electrons. The third-order valence-corrected chi connectivity index (χ3v) is 6.60. The molecule has 4 nitrogen and oxygen atoms in total. The second kappa shape index (κ2) is 9.14. The summed E-state index contributed by atoms with van der Waals surface area (Å²) in [6.07, 6.45) is -2.60. The lowest BCUT2D eigenvalue weighted by atomic mass is 9.78. The van der Waals surface area contributed by atoms with E-state index in [-0.39, 0.29) is 17.5 Å². The van der Waals surface area contributed by atoms with Crippen LogP contribution in [0.2, 0.25) is 0 Å². The minimum absolute atomic E-state index is 0.140. The number of halogens is 3. The van der Waals surface area contributed by atoms with Gasteiger partial charge in [0.05, 0.1) is 0 Å². The number of aryl methyl sites for hydroxylation is 2. The third kappa shape index (κ3) is 5.09. The third-order valence-electron chi connectivity index (χ3n) is 6.60. The molecule has 2 aromatic carbocycles. The van der Waals surface area contributed by atoms with Crippen molar-refractivity contribution in [2.24, 2.45) is 5.92 Å². The molecule has 4 rings (SSSR count). The van der Waals surface area contributed by atoms with Crippen LogP contribution in [-0.4, -0.2) is 49.8 Å². The lowest BCUT2D eigenvalue weighted by molar-refractivity contribution is -0.274. The number of carbonyl (C=O) groups is 1. The van der Waals surface area contributed by atoms with E-state index in [1.165, 1.54) is 17.8 Å². The predicted octanol–water partition coefficient (Wildman–Crippen LogP) is 5.02. The highest BCUT2D eigenvalue weighted by atomic mass is 19.4. The number of anilines is 1. The Balaban J connectivity index is 1.45. The molecule has 1 atom stereocenters. The Labute approximate surface area is 187 Å². The number of piperazine rings is 1. The van der Waals surface area contributed by atoms with Crippen molar-refractivity contribution in [2.75, 3.05) is 37.6 Å². The smallest absolute Gasteiger partial charge is 0.406 e. The van der Waals surface area contributed by atoms with Gasteiger partial charge in [0.2, 0.25) is 0 Å². The molecule has 2 aliphatic rings. The Morgan fingerprint density at radius 3 is 2.38 bits per heavy atom. The molecule has 0 radical (unpaired) electrons. The predicted molar refractivity (Wildman–Crippen MR) is 118 cm³/mol. The topological polar surface area (TPSA) is 32.8 Å². The summed E-state index contributed by atoms with van der Waals surface area (Å²) in [5, 5.41) is 0. The highest BCUT2D eigenvalue weighted by Gasteiger charge is 2.32. The van der Waals surface area contributed by atoms with Crippen molar-refractivity contribution in [3.8, 4) is 5.75 Å². The number of fused-ring (bicyclic) bond motifs is 1. The number of ether oxygens (including phenoxy) is 1. The summed E-state index contributed by atoms with van der Waals surface area (Å²) in [6.45, 7) is 9.37. The maximum absolute atomic E-state index is 13.3. The molecule has 0 N–H and O–H groups in total. The molecule has 1 fully saturated rings. The standard InChI is InChI=1S/C25H29F3N2O2/c1-3-29-10-12-30(13-11-29)21-14-17(2)23-19(16-21)6-7-20(24(23)31)15-18-4-8-22(9-5-18)32-25(26,27)28/h4-5,8-9,14,16,20H,3,6-7,10-13,15H2,1-2H3. The summed E-state index contributed by atoms with van der Waals surface area (Å²) < 4.78 is 41.0. The SMILES string of the molecule is CCN1CCN(c2cc(C)c3c(c2)CCC(Cc2ccc(OC(F)(F)F)cc2)C3=O)CC1. The van der Waals surface area contributed by atoms with Crippen molar-refractivity contribution in [2.45, 2.75) is 39.5 Å². The van der Waals surface area contributed by atoms with Gasteiger partial charge in [-0.05, 0) is 73.7 Å². The van der Waals surface area contributed by atoms with Gasteiger partial charge in [0.25, 0.3) is 0 Å². The van der Waals surface area contributed by atoms with Crippen LogP contribution in [-0.2, 0) is 12.8 Å². The first-order valence-corrected chi connectivity index (χ1v) is 11.2. The Morgan fingerprint density at radius 1 is 1.06 bits per heavy atom. The summed E-state index contributed by atoms with van der Waals surface area (Å²) >= 11 is 0. The van der Waals surface area contributed by atoms with Gasteiger partial charge in [-0.1, -0.05) is 19.1 Å². The molecule has 32 heavy (non-hydrogen) atoms. The van der Waals surface area contributed by atoms with Crippen molar-refractivity contribution in [1.82, 2.24) is 4.90 Å². The van der Waals surface area contributed by atoms with E-state index in [1.807, 2.05) is 6.92 Å². The molecule has 1 saturated heterocycles. The first-order valence-electron chi connectivity index (χ1n) is 11.2. The van der Waals surface area contributed by atoms with Gasteiger partial charge in [-0.2, -0.15) is 0 Å². The number of alkyl halides is 3. The minimum atomic E-state index is -4.70. The van der Waals surface area contributed by atoms with Crippen molar-refractivity contribution < 1.29 is 22.7 Å². The van der Waals surface area contributed by atoms with E-state index in [2.05, 4.69) is 33.6 Å². The van der Waals surface area contributed by atoms with Gasteiger partial charge in [-0.15, -0.1) is 13.2 Å². The number of carbonyl (C=O) groups excluding carboxylic acids is 1. The highest BCUT2D eigenvalue weighted by Crippen LogP contribution is 2.34. The van der Waals surface area contributed by atoms with E-state index < -0.39 is 6.36 Å². The van der Waals surface area contributed by atoms with Crippen molar-refractivity contribution in [1.29, 1.82) is 0 Å². The van der Waals surface area contributed by atoms with Crippen molar-refractivity contribution in [3.05, 3.63) is 58.7 Å². The molecule has 0 bridgehead atoms. The zero-order chi connectivity index (χ0) is 22.9. The Kier molecular flexibility index (Phi) is 6.47. The van der Waals surface area contributed by atoms with Crippen LogP contribution in [0, 0.1) is 12.8 Å². The monoisotopic (exact) mass is 446 g/mol. The van der Waals surface area contributed by atoms with Crippen LogP contribution in [0.5, 0.6) is 5.75 Å². The number of likely N-dealkylation sites (N-methyl/N-ethyl adjacent to an activating group) is 1. The first kappa shape index (κ1) is 22.6. The molecule has 1 aliphatic carbocycles. The molecule has 0 spiro atoms. The number of hydrogen-bond donors (Lipinski definition) is 0. The van der Waals surface area contributed by atoms with Crippen LogP contribution in [0.15, 0.2) is 36.4 Å². The normalized spacial score (nSPS) is 19.7. The Hall–Kier alpha value is -2.54. The molecular weight excluding hydrogens is 417 g/mol. The van der Waals surface area contributed by atoms with Crippen molar-refractivity contribution >= 4 is 11.5 Å². The zero-order valence-electron chi connectivity index (χ0n) is 18.5. The van der Waals surface area contributed by atoms with Gasteiger partial charge >= 0.3 is 6.36 Å². The lowest BCUT2D eigenvalue weighted by Gasteiger charge is -2.36. The van der Waals surface area contributed by atoms with Gasteiger partial charge < -0.3 is 14.5 Å². The van der Waals surface area contributed by atoms with Crippen LogP contribution in [0.1, 0.15) is 40.4 Å². The number of hydrogen-bond acceptors (Lipinski definition) is 4. The van der Waals surface area contributed by atoms with E-state index in [4.69, 9.17) is 0 Å². The number of nitrogens with zero attached hydrogens (tertiary/aromatic N) is 2. The molecule has 1 aliphatic heterocycles. The van der Waals surface area contributed by atoms with Crippen LogP contribution in [0.4, 0.5) is 18.9 Å². The van der Waals surface area contributed by atoms with Crippen LogP contribution < -0.4 is 9.64 Å². The fraction of sp³-hybridized carbons (Fsp3) is 0.480. The summed E-state index contributed by atoms with van der Waals surface area (Å²) in [7, 11) is 0. The second-order valence-electron chi connectivity index (χ2n) is 8.71. The van der Waals surface area contributed by atoms with Gasteiger partial charge in [0, 0.05) is 43.3 Å². The van der Waals surface area contributed by atoms with E-state index in [1.54, 1.807) is 12.1 Å². The second-order valence-corrected chi connectivity index (χ2v) is 8.71. The van der Waals surface area contributed by atoms with Crippen LogP contribution in [0.3, 0.4) is 0 Å². The summed E-state index contributed by atoms with van der Waals surface area (Å²) in [4.78, 5) is 18.1. The van der Waals surface area contributed by atoms with E-state index >= 15 is 0 Å². The maximum Gasteiger partial charge on any atom is 0.573 e. The molecule has 0 aromatic heterocycles. The Bertz CT molecular complexity index is 964. The van der Waals surface area contributed by atoms with Gasteiger partial charge in [-0.3, -0.25) is 4.79 Å². The van der Waals surface area contributed by atoms with Crippen molar-refractivity contribution in [3.63, 3.8) is 0 Å². The molecule has 0 amide bonds. The number of benzene rings is 2. The summed E-state index contributed by atoms with van der Waals surface area (Å²) in [5.74, 6) is -0.263. The number of Topliss-reactive ketones (excluding diaryl/α,β-unsaturated/α-hetero) is 1. The molecular formula is C25H29F3N2O2. The molecule has 2 aromatic rings. The average molecular weight is 447 g/mol. The van der Waals surface area contributed by atoms with E-state index in [0.29, 0.717) is 6.42 Å². The first-order chi connectivity index (χ1) is 15.2. The Morgan fingerprint density at radius 2 is 1.75 bits per heavy atom. The molecule has 7 heteroatoms. The van der Waals surface area contributed by atoms with Crippen LogP contribution in [0.25, 0.3) is 0 Å². The number of ketones is 1. The minimum Gasteiger partial charge on any atom is -0.406 e. The summed E-state index contributed by atoms with van der Waals surface area (Å²) in [6, 6.07) is 10.1. The van der Waals surface area contributed by atoms with Gasteiger partial charge in [-0.25, -0.2) is 0 Å². The van der Waals surface area contributed by atoms with E-state index in [0.717, 1.165) is 67.8 Å². The zero-order valence-corrected chi connectivity index (χ0v) is 18.5. The maximum atomic E-state index is 13.3. The van der Waals surface area contributed by atoms with Gasteiger partial charge in [0.1, 0.15) is 5.75 Å². The molecule has 0 saturated carbocycles. The number of rotatable bonds is 5.